The molecule has 1 N–H and O–H groups in total. The van der Waals surface area contributed by atoms with Gasteiger partial charge in [0, 0.05) is 13.1 Å². The fraction of sp³-hybridized carbons (Fsp3) is 0.650. The van der Waals surface area contributed by atoms with Crippen LogP contribution in [0, 0.1) is 5.92 Å². The Morgan fingerprint density at radius 1 is 1.15 bits per heavy atom. The molecule has 0 heterocycles. The molecule has 1 unspecified atom stereocenters. The first-order chi connectivity index (χ1) is 12.2. The second-order valence-electron chi connectivity index (χ2n) is 7.81. The van der Waals surface area contributed by atoms with Crippen molar-refractivity contribution >= 4 is 15.9 Å². The minimum atomic E-state index is -3.71. The maximum Gasteiger partial charge on any atom is 0.241 e. The zero-order valence-corrected chi connectivity index (χ0v) is 17.2. The molecule has 2 rings (SSSR count). The monoisotopic (exact) mass is 380 g/mol. The molecule has 1 aliphatic carbocycles. The number of aryl methyl sites for hydroxylation is 1. The third kappa shape index (κ3) is 5.55. The Morgan fingerprint density at radius 2 is 1.73 bits per heavy atom. The molecule has 0 saturated heterocycles. The molecule has 1 aromatic carbocycles. The van der Waals surface area contributed by atoms with E-state index in [2.05, 4.69) is 18.6 Å². The van der Waals surface area contributed by atoms with Crippen LogP contribution in [0.15, 0.2) is 29.2 Å². The number of hydrogen-bond acceptors (Lipinski definition) is 3. The first-order valence-electron chi connectivity index (χ1n) is 9.58. The quantitative estimate of drug-likeness (QED) is 0.752. The smallest absolute Gasteiger partial charge is 0.241 e. The van der Waals surface area contributed by atoms with Gasteiger partial charge in [0.15, 0.2) is 0 Å². The zero-order valence-electron chi connectivity index (χ0n) is 16.4. The third-order valence-electron chi connectivity index (χ3n) is 5.17. The summed E-state index contributed by atoms with van der Waals surface area (Å²) in [6.07, 6.45) is 6.27. The van der Waals surface area contributed by atoms with E-state index in [1.807, 2.05) is 12.1 Å². The van der Waals surface area contributed by atoms with E-state index >= 15 is 0 Å². The lowest BCUT2D eigenvalue weighted by Gasteiger charge is -2.27. The Bertz CT molecular complexity index is 692. The average molecular weight is 381 g/mol. The maximum atomic E-state index is 12.6. The molecule has 26 heavy (non-hydrogen) atoms. The third-order valence-corrected chi connectivity index (χ3v) is 6.72. The van der Waals surface area contributed by atoms with Crippen molar-refractivity contribution in [1.82, 2.24) is 9.62 Å². The molecule has 5 nitrogen and oxygen atoms in total. The molecule has 1 aromatic rings. The van der Waals surface area contributed by atoms with E-state index in [0.29, 0.717) is 5.92 Å². The molecule has 1 atom stereocenters. The summed E-state index contributed by atoms with van der Waals surface area (Å²) in [4.78, 5) is 14.4. The van der Waals surface area contributed by atoms with Crippen LogP contribution in [0.1, 0.15) is 58.4 Å². The normalized spacial score (nSPS) is 16.8. The van der Waals surface area contributed by atoms with Gasteiger partial charge in [-0.3, -0.25) is 4.79 Å². The fourth-order valence-corrected chi connectivity index (χ4v) is 4.62. The number of likely N-dealkylation sites (N-methyl/N-ethyl adjacent to an activating group) is 1. The van der Waals surface area contributed by atoms with Gasteiger partial charge >= 0.3 is 0 Å². The summed E-state index contributed by atoms with van der Waals surface area (Å²) in [5.74, 6) is 0.442. The lowest BCUT2D eigenvalue weighted by atomic mass is 10.0. The van der Waals surface area contributed by atoms with Crippen LogP contribution < -0.4 is 4.72 Å². The molecule has 0 spiro atoms. The first kappa shape index (κ1) is 20.9. The second kappa shape index (κ2) is 9.00. The molecule has 1 amide bonds. The van der Waals surface area contributed by atoms with Gasteiger partial charge in [-0.25, -0.2) is 8.42 Å². The SMILES string of the molecule is CC(C)CCc1ccc(S(=O)(=O)NC(C)C(=O)N(C)C2CCCC2)cc1. The Morgan fingerprint density at radius 3 is 2.27 bits per heavy atom. The number of nitrogens with zero attached hydrogens (tertiary/aromatic N) is 1. The Labute approximate surface area is 158 Å². The maximum absolute atomic E-state index is 12.6. The van der Waals surface area contributed by atoms with Gasteiger partial charge in [0.2, 0.25) is 15.9 Å². The van der Waals surface area contributed by atoms with E-state index in [1.54, 1.807) is 31.0 Å². The minimum absolute atomic E-state index is 0.172. The predicted octanol–water partition coefficient (Wildman–Crippen LogP) is 3.34. The number of nitrogens with one attached hydrogen (secondary N) is 1. The van der Waals surface area contributed by atoms with Crippen molar-refractivity contribution in [2.75, 3.05) is 7.05 Å². The number of sulfonamides is 1. The summed E-state index contributed by atoms with van der Waals surface area (Å²) in [6.45, 7) is 5.95. The van der Waals surface area contributed by atoms with Gasteiger partial charge in [-0.1, -0.05) is 38.8 Å². The molecule has 0 aliphatic heterocycles. The number of hydrogen-bond donors (Lipinski definition) is 1. The van der Waals surface area contributed by atoms with E-state index in [1.165, 1.54) is 0 Å². The molecule has 1 aliphatic rings. The molecule has 146 valence electrons. The molecule has 1 fully saturated rings. The van der Waals surface area contributed by atoms with Gasteiger partial charge in [-0.15, -0.1) is 0 Å². The van der Waals surface area contributed by atoms with Crippen LogP contribution in [0.4, 0.5) is 0 Å². The van der Waals surface area contributed by atoms with Crippen LogP contribution in [-0.2, 0) is 21.2 Å². The van der Waals surface area contributed by atoms with Crippen molar-refractivity contribution in [2.24, 2.45) is 5.92 Å². The van der Waals surface area contributed by atoms with Crippen LogP contribution in [0.5, 0.6) is 0 Å². The lowest BCUT2D eigenvalue weighted by Crippen LogP contribution is -2.48. The highest BCUT2D eigenvalue weighted by Crippen LogP contribution is 2.23. The number of benzene rings is 1. The Balaban J connectivity index is 1.99. The Kier molecular flexibility index (Phi) is 7.24. The van der Waals surface area contributed by atoms with Crippen LogP contribution in [0.3, 0.4) is 0 Å². The van der Waals surface area contributed by atoms with Crippen LogP contribution in [0.2, 0.25) is 0 Å². The van der Waals surface area contributed by atoms with E-state index < -0.39 is 16.1 Å². The summed E-state index contributed by atoms with van der Waals surface area (Å²) >= 11 is 0. The summed E-state index contributed by atoms with van der Waals surface area (Å²) in [5.41, 5.74) is 1.13. The number of amides is 1. The molecular formula is C20H32N2O3S. The van der Waals surface area contributed by atoms with Gasteiger partial charge in [0.1, 0.15) is 0 Å². The summed E-state index contributed by atoms with van der Waals surface area (Å²) < 4.78 is 27.7. The predicted molar refractivity (Wildman–Crippen MR) is 104 cm³/mol. The lowest BCUT2D eigenvalue weighted by molar-refractivity contribution is -0.133. The van der Waals surface area contributed by atoms with Crippen molar-refractivity contribution < 1.29 is 13.2 Å². The number of carbonyl (C=O) groups excluding carboxylic acids is 1. The number of rotatable bonds is 8. The van der Waals surface area contributed by atoms with E-state index in [0.717, 1.165) is 44.1 Å². The highest BCUT2D eigenvalue weighted by molar-refractivity contribution is 7.89. The van der Waals surface area contributed by atoms with Gasteiger partial charge in [0.25, 0.3) is 0 Å². The average Bonchev–Trinajstić information content (AvgIpc) is 3.13. The molecule has 0 aromatic heterocycles. The Hall–Kier alpha value is -1.40. The molecular weight excluding hydrogens is 348 g/mol. The van der Waals surface area contributed by atoms with Gasteiger partial charge in [0.05, 0.1) is 10.9 Å². The second-order valence-corrected chi connectivity index (χ2v) is 9.52. The topological polar surface area (TPSA) is 66.5 Å². The first-order valence-corrected chi connectivity index (χ1v) is 11.1. The van der Waals surface area contributed by atoms with Crippen molar-refractivity contribution in [3.63, 3.8) is 0 Å². The summed E-state index contributed by atoms with van der Waals surface area (Å²) in [5, 5.41) is 0. The van der Waals surface area contributed by atoms with E-state index in [-0.39, 0.29) is 16.8 Å². The van der Waals surface area contributed by atoms with Crippen molar-refractivity contribution in [2.45, 2.75) is 76.3 Å². The summed E-state index contributed by atoms with van der Waals surface area (Å²) in [6, 6.07) is 6.41. The van der Waals surface area contributed by atoms with Gasteiger partial charge in [-0.05, 0) is 56.2 Å². The molecule has 1 saturated carbocycles. The highest BCUT2D eigenvalue weighted by atomic mass is 32.2. The fourth-order valence-electron chi connectivity index (χ4n) is 3.42. The molecule has 0 radical (unpaired) electrons. The van der Waals surface area contributed by atoms with Crippen molar-refractivity contribution in [3.05, 3.63) is 29.8 Å². The van der Waals surface area contributed by atoms with Crippen molar-refractivity contribution in [1.29, 1.82) is 0 Å². The molecule has 6 heteroatoms. The largest absolute Gasteiger partial charge is 0.341 e. The number of carbonyl (C=O) groups is 1. The van der Waals surface area contributed by atoms with Crippen molar-refractivity contribution in [3.8, 4) is 0 Å². The highest BCUT2D eigenvalue weighted by Gasteiger charge is 2.29. The van der Waals surface area contributed by atoms with Crippen LogP contribution in [0.25, 0.3) is 0 Å². The molecule has 0 bridgehead atoms. The van der Waals surface area contributed by atoms with E-state index in [9.17, 15) is 13.2 Å². The zero-order chi connectivity index (χ0) is 19.3. The minimum Gasteiger partial charge on any atom is -0.341 e. The van der Waals surface area contributed by atoms with Gasteiger partial charge in [-0.2, -0.15) is 4.72 Å². The summed E-state index contributed by atoms with van der Waals surface area (Å²) in [7, 11) is -1.94. The van der Waals surface area contributed by atoms with Gasteiger partial charge < -0.3 is 4.90 Å². The van der Waals surface area contributed by atoms with Crippen LogP contribution >= 0.6 is 0 Å². The standard InChI is InChI=1S/C20H32N2O3S/c1-15(2)9-10-17-11-13-19(14-12-17)26(24,25)21-16(3)20(23)22(4)18-7-5-6-8-18/h11-16,18,21H,5-10H2,1-4H3. The van der Waals surface area contributed by atoms with E-state index in [4.69, 9.17) is 0 Å². The van der Waals surface area contributed by atoms with Crippen LogP contribution in [-0.4, -0.2) is 38.4 Å².